The van der Waals surface area contributed by atoms with Crippen molar-refractivity contribution in [3.05, 3.63) is 81.4 Å². The Balaban J connectivity index is 1.64. The lowest BCUT2D eigenvalue weighted by molar-refractivity contribution is -0.139. The lowest BCUT2D eigenvalue weighted by Crippen LogP contribution is -2.37. The highest BCUT2D eigenvalue weighted by Crippen LogP contribution is 2.27. The van der Waals surface area contributed by atoms with E-state index in [-0.39, 0.29) is 6.54 Å². The third-order valence-corrected chi connectivity index (χ3v) is 5.10. The Kier molecular flexibility index (Phi) is 6.87. The molecule has 2 aromatic heterocycles. The van der Waals surface area contributed by atoms with Crippen LogP contribution in [0.25, 0.3) is 5.69 Å². The molecule has 0 unspecified atom stereocenters. The van der Waals surface area contributed by atoms with E-state index < -0.39 is 11.8 Å². The lowest BCUT2D eigenvalue weighted by atomic mass is 10.2. The predicted octanol–water partition coefficient (Wildman–Crippen LogP) is 3.56. The maximum absolute atomic E-state index is 11.9. The summed E-state index contributed by atoms with van der Waals surface area (Å²) in [6, 6.07) is 12.6. The number of pyridine rings is 1. The van der Waals surface area contributed by atoms with E-state index in [0.29, 0.717) is 15.7 Å². The van der Waals surface area contributed by atoms with Gasteiger partial charge in [-0.05, 0) is 50.2 Å². The molecule has 0 bridgehead atoms. The van der Waals surface area contributed by atoms with Gasteiger partial charge in [0.25, 0.3) is 0 Å². The van der Waals surface area contributed by atoms with Gasteiger partial charge in [0, 0.05) is 28.8 Å². The van der Waals surface area contributed by atoms with Crippen LogP contribution >= 0.6 is 23.2 Å². The van der Waals surface area contributed by atoms with E-state index in [1.165, 1.54) is 6.21 Å². The van der Waals surface area contributed by atoms with Crippen LogP contribution in [0.3, 0.4) is 0 Å². The van der Waals surface area contributed by atoms with Crippen LogP contribution < -0.4 is 10.7 Å². The van der Waals surface area contributed by atoms with Gasteiger partial charge in [0.2, 0.25) is 0 Å². The van der Waals surface area contributed by atoms with Gasteiger partial charge in [0.05, 0.1) is 28.5 Å². The van der Waals surface area contributed by atoms with Crippen LogP contribution in [0.15, 0.2) is 53.8 Å². The summed E-state index contributed by atoms with van der Waals surface area (Å²) in [5.74, 6) is -1.65. The van der Waals surface area contributed by atoms with Gasteiger partial charge in [-0.2, -0.15) is 5.10 Å². The number of hydrogen-bond donors (Lipinski definition) is 2. The first kappa shape index (κ1) is 21.5. The number of aryl methyl sites for hydroxylation is 1. The third kappa shape index (κ3) is 5.06. The van der Waals surface area contributed by atoms with Gasteiger partial charge in [0.1, 0.15) is 0 Å². The van der Waals surface area contributed by atoms with E-state index in [1.807, 2.05) is 30.5 Å². The molecule has 0 fully saturated rings. The zero-order valence-corrected chi connectivity index (χ0v) is 17.8. The van der Waals surface area contributed by atoms with E-state index in [0.717, 1.165) is 22.6 Å². The Bertz CT molecular complexity index is 1110. The largest absolute Gasteiger partial charge is 0.342 e. The molecule has 0 spiro atoms. The Morgan fingerprint density at radius 2 is 1.90 bits per heavy atom. The Morgan fingerprint density at radius 1 is 1.10 bits per heavy atom. The molecule has 0 radical (unpaired) electrons. The molecule has 1 aromatic carbocycles. The van der Waals surface area contributed by atoms with Crippen molar-refractivity contribution >= 4 is 41.2 Å². The van der Waals surface area contributed by atoms with Crippen molar-refractivity contribution in [2.75, 3.05) is 0 Å². The van der Waals surface area contributed by atoms with Crippen molar-refractivity contribution in [1.29, 1.82) is 0 Å². The number of benzene rings is 1. The standard InChI is InChI=1S/C21H19Cl2N5O2/c1-13-9-15(14(2)28(13)17-6-7-18(22)19(23)10-17)11-26-27-21(30)20(29)25-12-16-5-3-4-8-24-16/h3-11H,12H2,1-2H3,(H,25,29)(H,27,30). The quantitative estimate of drug-likeness (QED) is 0.358. The van der Waals surface area contributed by atoms with Crippen LogP contribution in [0.4, 0.5) is 0 Å². The molecule has 0 saturated heterocycles. The van der Waals surface area contributed by atoms with E-state index in [2.05, 4.69) is 20.8 Å². The average Bonchev–Trinajstić information content (AvgIpc) is 3.02. The minimum atomic E-state index is -0.861. The van der Waals surface area contributed by atoms with Crippen molar-refractivity contribution in [1.82, 2.24) is 20.3 Å². The maximum Gasteiger partial charge on any atom is 0.329 e. The number of carbonyl (C=O) groups excluding carboxylic acids is 2. The fourth-order valence-electron chi connectivity index (χ4n) is 2.90. The first-order valence-corrected chi connectivity index (χ1v) is 9.78. The summed E-state index contributed by atoms with van der Waals surface area (Å²) in [5, 5.41) is 7.32. The van der Waals surface area contributed by atoms with Crippen LogP contribution in [0, 0.1) is 13.8 Å². The van der Waals surface area contributed by atoms with Gasteiger partial charge >= 0.3 is 11.8 Å². The van der Waals surface area contributed by atoms with Gasteiger partial charge in [-0.25, -0.2) is 5.43 Å². The number of nitrogens with one attached hydrogen (secondary N) is 2. The molecule has 2 N–H and O–H groups in total. The molecule has 2 amide bonds. The second-order valence-electron chi connectivity index (χ2n) is 6.46. The molecule has 3 aromatic rings. The fraction of sp³-hybridized carbons (Fsp3) is 0.143. The van der Waals surface area contributed by atoms with Crippen molar-refractivity contribution in [2.45, 2.75) is 20.4 Å². The molecule has 0 aliphatic rings. The number of amides is 2. The van der Waals surface area contributed by atoms with Gasteiger partial charge in [-0.3, -0.25) is 14.6 Å². The van der Waals surface area contributed by atoms with E-state index in [4.69, 9.17) is 23.2 Å². The minimum Gasteiger partial charge on any atom is -0.342 e. The van der Waals surface area contributed by atoms with Gasteiger partial charge < -0.3 is 9.88 Å². The molecule has 30 heavy (non-hydrogen) atoms. The second kappa shape index (κ2) is 9.56. The minimum absolute atomic E-state index is 0.154. The SMILES string of the molecule is Cc1cc(C=NNC(=O)C(=O)NCc2ccccn2)c(C)n1-c1ccc(Cl)c(Cl)c1. The number of hydrogen-bond acceptors (Lipinski definition) is 4. The summed E-state index contributed by atoms with van der Waals surface area (Å²) in [5.41, 5.74) is 6.37. The highest BCUT2D eigenvalue weighted by Gasteiger charge is 2.13. The molecule has 0 saturated carbocycles. The monoisotopic (exact) mass is 443 g/mol. The maximum atomic E-state index is 11.9. The molecule has 9 heteroatoms. The summed E-state index contributed by atoms with van der Waals surface area (Å²) in [7, 11) is 0. The van der Waals surface area contributed by atoms with Crippen molar-refractivity contribution in [3.63, 3.8) is 0 Å². The highest BCUT2D eigenvalue weighted by molar-refractivity contribution is 6.42. The lowest BCUT2D eigenvalue weighted by Gasteiger charge is -2.10. The van der Waals surface area contributed by atoms with E-state index in [1.54, 1.807) is 36.5 Å². The molecule has 3 rings (SSSR count). The Hall–Kier alpha value is -3.16. The number of rotatable bonds is 5. The molecule has 0 aliphatic carbocycles. The fourth-order valence-corrected chi connectivity index (χ4v) is 3.20. The average molecular weight is 444 g/mol. The summed E-state index contributed by atoms with van der Waals surface area (Å²) >= 11 is 12.1. The molecule has 0 aliphatic heterocycles. The zero-order chi connectivity index (χ0) is 21.7. The number of carbonyl (C=O) groups is 2. The van der Waals surface area contributed by atoms with Gasteiger partial charge in [0.15, 0.2) is 0 Å². The first-order valence-electron chi connectivity index (χ1n) is 9.02. The number of halogens is 2. The van der Waals surface area contributed by atoms with Gasteiger partial charge in [-0.15, -0.1) is 0 Å². The normalized spacial score (nSPS) is 10.9. The molecular weight excluding hydrogens is 425 g/mol. The number of nitrogens with zero attached hydrogens (tertiary/aromatic N) is 3. The third-order valence-electron chi connectivity index (χ3n) is 4.36. The van der Waals surface area contributed by atoms with Crippen LogP contribution in [-0.4, -0.2) is 27.6 Å². The van der Waals surface area contributed by atoms with Crippen LogP contribution in [-0.2, 0) is 16.1 Å². The summed E-state index contributed by atoms with van der Waals surface area (Å²) in [4.78, 5) is 27.9. The van der Waals surface area contributed by atoms with E-state index >= 15 is 0 Å². The number of aromatic nitrogens is 2. The number of hydrazone groups is 1. The van der Waals surface area contributed by atoms with Crippen molar-refractivity contribution in [2.24, 2.45) is 5.10 Å². The molecule has 154 valence electrons. The van der Waals surface area contributed by atoms with Crippen LogP contribution in [0.1, 0.15) is 22.6 Å². The summed E-state index contributed by atoms with van der Waals surface area (Å²) in [6.45, 7) is 4.01. The van der Waals surface area contributed by atoms with Crippen molar-refractivity contribution in [3.8, 4) is 5.69 Å². The van der Waals surface area contributed by atoms with Crippen LogP contribution in [0.5, 0.6) is 0 Å². The summed E-state index contributed by atoms with van der Waals surface area (Å²) < 4.78 is 1.99. The molecule has 0 atom stereocenters. The first-order chi connectivity index (χ1) is 14.4. The summed E-state index contributed by atoms with van der Waals surface area (Å²) in [6.07, 6.45) is 3.10. The molecule has 2 heterocycles. The van der Waals surface area contributed by atoms with Gasteiger partial charge in [-0.1, -0.05) is 29.3 Å². The smallest absolute Gasteiger partial charge is 0.329 e. The van der Waals surface area contributed by atoms with E-state index in [9.17, 15) is 9.59 Å². The topological polar surface area (TPSA) is 88.4 Å². The second-order valence-corrected chi connectivity index (χ2v) is 7.28. The van der Waals surface area contributed by atoms with Crippen molar-refractivity contribution < 1.29 is 9.59 Å². The Labute approximate surface area is 183 Å². The highest BCUT2D eigenvalue weighted by atomic mass is 35.5. The predicted molar refractivity (Wildman–Crippen MR) is 117 cm³/mol. The zero-order valence-electron chi connectivity index (χ0n) is 16.3. The van der Waals surface area contributed by atoms with Crippen LogP contribution in [0.2, 0.25) is 10.0 Å². The Morgan fingerprint density at radius 3 is 2.60 bits per heavy atom. The molecule has 7 nitrogen and oxygen atoms in total. The molecular formula is C21H19Cl2N5O2.